The molecule has 2 atom stereocenters. The summed E-state index contributed by atoms with van der Waals surface area (Å²) in [5, 5.41) is 10.2. The molecule has 134 valence electrons. The number of likely N-dealkylation sites (tertiary alicyclic amines) is 1. The summed E-state index contributed by atoms with van der Waals surface area (Å²) in [4.78, 5) is 19.0. The third-order valence-electron chi connectivity index (χ3n) is 4.62. The van der Waals surface area contributed by atoms with Crippen molar-refractivity contribution in [3.63, 3.8) is 0 Å². The number of nitrogens with zero attached hydrogens (tertiary/aromatic N) is 2. The monoisotopic (exact) mass is 343 g/mol. The summed E-state index contributed by atoms with van der Waals surface area (Å²) < 4.78 is 5.32. The number of methoxy groups -OCH3 is 1. The van der Waals surface area contributed by atoms with Gasteiger partial charge in [0.25, 0.3) is 5.91 Å². The van der Waals surface area contributed by atoms with Gasteiger partial charge in [-0.3, -0.25) is 9.69 Å². The summed E-state index contributed by atoms with van der Waals surface area (Å²) in [6, 6.07) is 11.8. The van der Waals surface area contributed by atoms with Gasteiger partial charge in [0, 0.05) is 38.9 Å². The Hall–Kier alpha value is -2.31. The van der Waals surface area contributed by atoms with E-state index in [2.05, 4.69) is 16.0 Å². The van der Waals surface area contributed by atoms with E-state index in [1.54, 1.807) is 26.1 Å². The number of hydrogen-bond donors (Lipinski definition) is 2. The number of aromatic amines is 1. The maximum absolute atomic E-state index is 12.0. The van der Waals surface area contributed by atoms with E-state index in [1.165, 1.54) is 0 Å². The minimum atomic E-state index is -0.353. The molecular formula is C19H25N3O3. The van der Waals surface area contributed by atoms with E-state index in [4.69, 9.17) is 4.74 Å². The molecule has 6 heteroatoms. The summed E-state index contributed by atoms with van der Waals surface area (Å²) in [7, 11) is 5.12. The Labute approximate surface area is 148 Å². The first-order valence-corrected chi connectivity index (χ1v) is 8.43. The molecular weight excluding hydrogens is 318 g/mol. The SMILES string of the molecule is COc1cccc([C@H]2C[C@@H](O)CN2Cc2ccc(C(=O)N(C)C)[nH]2)c1. The third-order valence-corrected chi connectivity index (χ3v) is 4.62. The molecule has 0 radical (unpaired) electrons. The minimum absolute atomic E-state index is 0.0444. The summed E-state index contributed by atoms with van der Waals surface area (Å²) in [5.41, 5.74) is 2.68. The summed E-state index contributed by atoms with van der Waals surface area (Å²) in [6.07, 6.45) is 0.339. The van der Waals surface area contributed by atoms with Crippen molar-refractivity contribution in [2.45, 2.75) is 25.1 Å². The standard InChI is InChI=1S/C19H25N3O3/c1-21(2)19(24)17-8-7-14(20-17)11-22-12-15(23)10-18(22)13-5-4-6-16(9-13)25-3/h4-9,15,18,20,23H,10-12H2,1-3H3/t15-,18-/m1/s1. The average molecular weight is 343 g/mol. The van der Waals surface area contributed by atoms with Gasteiger partial charge in [0.1, 0.15) is 11.4 Å². The number of H-pyrrole nitrogens is 1. The number of amides is 1. The molecule has 3 rings (SSSR count). The Balaban J connectivity index is 1.77. The molecule has 1 aliphatic rings. The van der Waals surface area contributed by atoms with E-state index < -0.39 is 0 Å². The smallest absolute Gasteiger partial charge is 0.269 e. The number of nitrogens with one attached hydrogen (secondary N) is 1. The number of hydrogen-bond acceptors (Lipinski definition) is 4. The molecule has 1 amide bonds. The van der Waals surface area contributed by atoms with Crippen LogP contribution in [0, 0.1) is 0 Å². The van der Waals surface area contributed by atoms with Gasteiger partial charge < -0.3 is 19.7 Å². The van der Waals surface area contributed by atoms with Gasteiger partial charge in [0.05, 0.1) is 13.2 Å². The van der Waals surface area contributed by atoms with Crippen LogP contribution in [0.25, 0.3) is 0 Å². The van der Waals surface area contributed by atoms with Gasteiger partial charge in [0.15, 0.2) is 0 Å². The lowest BCUT2D eigenvalue weighted by Gasteiger charge is -2.24. The topological polar surface area (TPSA) is 68.8 Å². The highest BCUT2D eigenvalue weighted by atomic mass is 16.5. The van der Waals surface area contributed by atoms with Crippen LogP contribution in [0.4, 0.5) is 0 Å². The van der Waals surface area contributed by atoms with Crippen LogP contribution in [0.5, 0.6) is 5.75 Å². The van der Waals surface area contributed by atoms with Crippen LogP contribution in [-0.2, 0) is 6.54 Å². The van der Waals surface area contributed by atoms with Crippen molar-refractivity contribution in [3.8, 4) is 5.75 Å². The molecule has 1 saturated heterocycles. The zero-order valence-corrected chi connectivity index (χ0v) is 14.9. The average Bonchev–Trinajstić information content (AvgIpc) is 3.21. The maximum atomic E-state index is 12.0. The quantitative estimate of drug-likeness (QED) is 0.872. The largest absolute Gasteiger partial charge is 0.497 e. The van der Waals surface area contributed by atoms with Crippen LogP contribution in [-0.4, -0.2) is 59.7 Å². The molecule has 0 spiro atoms. The molecule has 2 N–H and O–H groups in total. The Kier molecular flexibility index (Phi) is 5.11. The third kappa shape index (κ3) is 3.86. The van der Waals surface area contributed by atoms with Gasteiger partial charge >= 0.3 is 0 Å². The lowest BCUT2D eigenvalue weighted by Crippen LogP contribution is -2.25. The van der Waals surface area contributed by atoms with Crippen molar-refractivity contribution in [1.82, 2.24) is 14.8 Å². The molecule has 1 aromatic heterocycles. The fourth-order valence-corrected chi connectivity index (χ4v) is 3.37. The van der Waals surface area contributed by atoms with Crippen LogP contribution in [0.3, 0.4) is 0 Å². The number of aliphatic hydroxyl groups excluding tert-OH is 1. The van der Waals surface area contributed by atoms with E-state index in [-0.39, 0.29) is 18.1 Å². The van der Waals surface area contributed by atoms with Crippen molar-refractivity contribution in [2.24, 2.45) is 0 Å². The minimum Gasteiger partial charge on any atom is -0.497 e. The zero-order valence-electron chi connectivity index (χ0n) is 14.9. The molecule has 2 aromatic rings. The Morgan fingerprint density at radius 1 is 1.36 bits per heavy atom. The highest BCUT2D eigenvalue weighted by molar-refractivity contribution is 5.92. The number of aromatic nitrogens is 1. The van der Waals surface area contributed by atoms with Crippen molar-refractivity contribution < 1.29 is 14.6 Å². The van der Waals surface area contributed by atoms with Crippen LogP contribution in [0.1, 0.15) is 34.2 Å². The second-order valence-corrected chi connectivity index (χ2v) is 6.71. The molecule has 0 aliphatic carbocycles. The first-order valence-electron chi connectivity index (χ1n) is 8.43. The van der Waals surface area contributed by atoms with Crippen LogP contribution in [0.2, 0.25) is 0 Å². The van der Waals surface area contributed by atoms with Crippen molar-refractivity contribution in [3.05, 3.63) is 53.3 Å². The first-order chi connectivity index (χ1) is 12.0. The lowest BCUT2D eigenvalue weighted by molar-refractivity contribution is 0.0822. The van der Waals surface area contributed by atoms with Crippen molar-refractivity contribution in [1.29, 1.82) is 0 Å². The molecule has 0 unspecified atom stereocenters. The summed E-state index contributed by atoms with van der Waals surface area (Å²) >= 11 is 0. The van der Waals surface area contributed by atoms with Crippen molar-refractivity contribution >= 4 is 5.91 Å². The van der Waals surface area contributed by atoms with E-state index in [9.17, 15) is 9.90 Å². The van der Waals surface area contributed by atoms with Crippen molar-refractivity contribution in [2.75, 3.05) is 27.7 Å². The highest BCUT2D eigenvalue weighted by Gasteiger charge is 2.32. The predicted molar refractivity (Wildman–Crippen MR) is 95.6 cm³/mol. The number of benzene rings is 1. The van der Waals surface area contributed by atoms with E-state index >= 15 is 0 Å². The molecule has 6 nitrogen and oxygen atoms in total. The number of aliphatic hydroxyl groups is 1. The number of β-amino-alcohol motifs (C(OH)–C–C–N with tert-alkyl or cyclic N) is 1. The predicted octanol–water partition coefficient (Wildman–Crippen LogP) is 2.03. The van der Waals surface area contributed by atoms with Gasteiger partial charge in [-0.05, 0) is 36.2 Å². The Morgan fingerprint density at radius 3 is 2.88 bits per heavy atom. The van der Waals surface area contributed by atoms with E-state index in [0.717, 1.165) is 17.0 Å². The number of carbonyl (C=O) groups excluding carboxylic acids is 1. The van der Waals surface area contributed by atoms with Gasteiger partial charge in [-0.2, -0.15) is 0 Å². The molecule has 0 bridgehead atoms. The lowest BCUT2D eigenvalue weighted by atomic mass is 10.0. The number of ether oxygens (including phenoxy) is 1. The molecule has 1 aromatic carbocycles. The van der Waals surface area contributed by atoms with Gasteiger partial charge in [-0.25, -0.2) is 0 Å². The van der Waals surface area contributed by atoms with Crippen LogP contribution < -0.4 is 4.74 Å². The molecule has 25 heavy (non-hydrogen) atoms. The second kappa shape index (κ2) is 7.29. The summed E-state index contributed by atoms with van der Waals surface area (Å²) in [5.74, 6) is 0.773. The highest BCUT2D eigenvalue weighted by Crippen LogP contribution is 2.34. The van der Waals surface area contributed by atoms with Crippen LogP contribution >= 0.6 is 0 Å². The van der Waals surface area contributed by atoms with Gasteiger partial charge in [0.2, 0.25) is 0 Å². The molecule has 0 saturated carbocycles. The van der Waals surface area contributed by atoms with Crippen LogP contribution in [0.15, 0.2) is 36.4 Å². The molecule has 1 aliphatic heterocycles. The maximum Gasteiger partial charge on any atom is 0.269 e. The zero-order chi connectivity index (χ0) is 18.0. The van der Waals surface area contributed by atoms with Gasteiger partial charge in [-0.15, -0.1) is 0 Å². The molecule has 2 heterocycles. The first kappa shape index (κ1) is 17.5. The Morgan fingerprint density at radius 2 is 2.16 bits per heavy atom. The van der Waals surface area contributed by atoms with Gasteiger partial charge in [-0.1, -0.05) is 12.1 Å². The second-order valence-electron chi connectivity index (χ2n) is 6.71. The Bertz CT molecular complexity index is 741. The van der Waals surface area contributed by atoms with E-state index in [0.29, 0.717) is 25.2 Å². The normalized spacial score (nSPS) is 20.6. The summed E-state index contributed by atoms with van der Waals surface area (Å²) in [6.45, 7) is 1.26. The fourth-order valence-electron chi connectivity index (χ4n) is 3.37. The molecule has 1 fully saturated rings. The number of carbonyl (C=O) groups is 1. The number of rotatable bonds is 5. The fraction of sp³-hybridized carbons (Fsp3) is 0.421. The van der Waals surface area contributed by atoms with E-state index in [1.807, 2.05) is 30.3 Å².